The maximum atomic E-state index is 10.7. The fourth-order valence-electron chi connectivity index (χ4n) is 0.930. The topological polar surface area (TPSA) is 103 Å². The predicted octanol–water partition coefficient (Wildman–Crippen LogP) is -1.73. The summed E-state index contributed by atoms with van der Waals surface area (Å²) in [6, 6.07) is 3.65. The van der Waals surface area contributed by atoms with E-state index in [4.69, 9.17) is 5.53 Å². The van der Waals surface area contributed by atoms with E-state index in [-0.39, 0.29) is 41.0 Å². The summed E-state index contributed by atoms with van der Waals surface area (Å²) >= 11 is 0. The van der Waals surface area contributed by atoms with Gasteiger partial charge >= 0.3 is 29.6 Å². The van der Waals surface area contributed by atoms with Crippen LogP contribution < -0.4 is 34.3 Å². The Hall–Kier alpha value is -0.470. The van der Waals surface area contributed by atoms with Gasteiger partial charge < -0.3 is 9.29 Å². The number of hydrogen-bond donors (Lipinski definition) is 1. The average molecular weight is 238 g/mol. The third-order valence-electron chi connectivity index (χ3n) is 1.55. The molecule has 0 aromatic heterocycles. The molecule has 0 aliphatic carbocycles. The van der Waals surface area contributed by atoms with Gasteiger partial charge in [-0.05, 0) is 18.2 Å². The fourth-order valence-corrected chi connectivity index (χ4v) is 1.59. The van der Waals surface area contributed by atoms with E-state index in [0.29, 0.717) is 0 Å². The molecule has 0 heterocycles. The first-order valence-electron chi connectivity index (χ1n) is 3.50. The second kappa shape index (κ2) is 5.57. The van der Waals surface area contributed by atoms with E-state index >= 15 is 0 Å². The van der Waals surface area contributed by atoms with Crippen LogP contribution in [0, 0.1) is 5.53 Å². The van der Waals surface area contributed by atoms with E-state index in [1.54, 1.807) is 0 Å². The van der Waals surface area contributed by atoms with Crippen LogP contribution in [0.2, 0.25) is 0 Å². The van der Waals surface area contributed by atoms with Crippen molar-refractivity contribution in [2.24, 2.45) is 5.11 Å². The van der Waals surface area contributed by atoms with Gasteiger partial charge in [-0.1, -0.05) is 0 Å². The molecule has 1 rings (SSSR count). The number of methoxy groups -OCH3 is 1. The van der Waals surface area contributed by atoms with Gasteiger partial charge in [0.1, 0.15) is 15.9 Å². The van der Waals surface area contributed by atoms with E-state index < -0.39 is 15.0 Å². The molecule has 0 saturated carbocycles. The van der Waals surface area contributed by atoms with Crippen molar-refractivity contribution in [2.75, 3.05) is 7.11 Å². The smallest absolute Gasteiger partial charge is 0.744 e. The van der Waals surface area contributed by atoms with Crippen molar-refractivity contribution in [1.29, 1.82) is 5.53 Å². The van der Waals surface area contributed by atoms with Crippen molar-refractivity contribution >= 4 is 15.8 Å². The Kier molecular flexibility index (Phi) is 5.39. The second-order valence-electron chi connectivity index (χ2n) is 2.40. The Bertz CT molecular complexity index is 460. The minimum atomic E-state index is -4.60. The van der Waals surface area contributed by atoms with Crippen molar-refractivity contribution < 1.29 is 47.3 Å². The number of nitrogens with one attached hydrogen (secondary N) is 1. The molecule has 0 atom stereocenters. The summed E-state index contributed by atoms with van der Waals surface area (Å²) in [4.78, 5) is -0.506. The van der Waals surface area contributed by atoms with Crippen LogP contribution in [0.25, 0.3) is 0 Å². The zero-order chi connectivity index (χ0) is 10.8. The molecule has 1 aromatic rings. The van der Waals surface area contributed by atoms with Crippen molar-refractivity contribution in [3.05, 3.63) is 18.2 Å². The zero-order valence-electron chi connectivity index (χ0n) is 8.22. The predicted molar refractivity (Wildman–Crippen MR) is 45.8 cm³/mol. The number of benzene rings is 1. The molecule has 0 radical (unpaired) electrons. The monoisotopic (exact) mass is 238 g/mol. The Morgan fingerprint density at radius 2 is 2.07 bits per heavy atom. The molecule has 1 N–H and O–H groups in total. The fraction of sp³-hybridized carbons (Fsp3) is 0.143. The molecule has 8 heteroatoms. The van der Waals surface area contributed by atoms with Gasteiger partial charge in [0.25, 0.3) is 0 Å². The molecule has 76 valence electrons. The third-order valence-corrected chi connectivity index (χ3v) is 2.40. The summed E-state index contributed by atoms with van der Waals surface area (Å²) in [5.74, 6) is -0.0487. The minimum Gasteiger partial charge on any atom is -0.744 e. The van der Waals surface area contributed by atoms with Crippen LogP contribution in [0.15, 0.2) is 28.2 Å². The Labute approximate surface area is 109 Å². The molecule has 15 heavy (non-hydrogen) atoms. The summed E-state index contributed by atoms with van der Waals surface area (Å²) in [7, 11) is -3.34. The summed E-state index contributed by atoms with van der Waals surface area (Å²) in [6.07, 6.45) is 0. The quantitative estimate of drug-likeness (QED) is 0.383. The molecular weight excluding hydrogens is 231 g/mol. The van der Waals surface area contributed by atoms with Crippen LogP contribution in [0.3, 0.4) is 0 Å². The molecule has 0 bridgehead atoms. The van der Waals surface area contributed by atoms with E-state index in [0.717, 1.165) is 6.07 Å². The van der Waals surface area contributed by atoms with Crippen LogP contribution >= 0.6 is 0 Å². The van der Waals surface area contributed by atoms with Crippen LogP contribution in [-0.2, 0) is 10.1 Å². The number of rotatable bonds is 3. The largest absolute Gasteiger partial charge is 1.00 e. The average Bonchev–Trinajstić information content (AvgIpc) is 2.15. The third kappa shape index (κ3) is 3.54. The van der Waals surface area contributed by atoms with Crippen LogP contribution in [0.1, 0.15) is 0 Å². The number of nitrogens with zero attached hydrogens (tertiary/aromatic N) is 1. The minimum absolute atomic E-state index is 0. The number of ether oxygens (including phenoxy) is 1. The van der Waals surface area contributed by atoms with Gasteiger partial charge in [-0.15, -0.1) is 0 Å². The maximum Gasteiger partial charge on any atom is 1.00 e. The van der Waals surface area contributed by atoms with Crippen LogP contribution in [0.5, 0.6) is 5.75 Å². The second-order valence-corrected chi connectivity index (χ2v) is 3.75. The van der Waals surface area contributed by atoms with E-state index in [2.05, 4.69) is 9.85 Å². The maximum absolute atomic E-state index is 10.7. The van der Waals surface area contributed by atoms with Crippen molar-refractivity contribution in [1.82, 2.24) is 0 Å². The molecule has 0 spiro atoms. The van der Waals surface area contributed by atoms with Gasteiger partial charge in [0.15, 0.2) is 0 Å². The molecule has 0 aliphatic heterocycles. The van der Waals surface area contributed by atoms with Crippen LogP contribution in [0.4, 0.5) is 5.69 Å². The van der Waals surface area contributed by atoms with Crippen molar-refractivity contribution in [2.45, 2.75) is 4.90 Å². The Balaban J connectivity index is 0.00000196. The van der Waals surface area contributed by atoms with Gasteiger partial charge in [-0.3, -0.25) is 0 Å². The zero-order valence-corrected chi connectivity index (χ0v) is 11.0. The molecule has 0 fully saturated rings. The van der Waals surface area contributed by atoms with Gasteiger partial charge in [-0.2, -0.15) is 5.11 Å². The van der Waals surface area contributed by atoms with Gasteiger partial charge in [-0.25, -0.2) is 13.9 Å². The summed E-state index contributed by atoms with van der Waals surface area (Å²) in [6.45, 7) is 0. The standard InChI is InChI=1S/C7H8N2O4S.Na/c1-13-6-3-2-5(9-8)4-7(6)14(10,11)12;/h2-4,8H,1H3,(H,10,11,12);/q;+1/p-1. The van der Waals surface area contributed by atoms with Crippen molar-refractivity contribution in [3.63, 3.8) is 0 Å². The Morgan fingerprint density at radius 1 is 1.47 bits per heavy atom. The SMILES string of the molecule is COc1ccc(N=N)cc1S(=O)(=O)[O-].[Na+]. The van der Waals surface area contributed by atoms with Gasteiger partial charge in [0.2, 0.25) is 0 Å². The molecule has 0 amide bonds. The van der Waals surface area contributed by atoms with Crippen molar-refractivity contribution in [3.8, 4) is 5.75 Å². The summed E-state index contributed by atoms with van der Waals surface area (Å²) in [5, 5.41) is 3.01. The molecule has 0 saturated heterocycles. The van der Waals surface area contributed by atoms with E-state index in [1.807, 2.05) is 0 Å². The van der Waals surface area contributed by atoms with Gasteiger partial charge in [0, 0.05) is 0 Å². The van der Waals surface area contributed by atoms with E-state index in [9.17, 15) is 13.0 Å². The number of hydrogen-bond acceptors (Lipinski definition) is 6. The normalized spacial score (nSPS) is 10.3. The molecule has 1 aromatic carbocycles. The molecule has 0 aliphatic rings. The first-order valence-corrected chi connectivity index (χ1v) is 4.91. The summed E-state index contributed by atoms with van der Waals surface area (Å²) in [5.41, 5.74) is 6.74. The van der Waals surface area contributed by atoms with Gasteiger partial charge in [0.05, 0.1) is 17.7 Å². The molecule has 0 unspecified atom stereocenters. The first-order chi connectivity index (χ1) is 6.49. The van der Waals surface area contributed by atoms with Crippen LogP contribution in [-0.4, -0.2) is 20.1 Å². The van der Waals surface area contributed by atoms with E-state index in [1.165, 1.54) is 19.2 Å². The molecular formula is C7H7N2NaO4S. The Morgan fingerprint density at radius 3 is 2.47 bits per heavy atom. The molecule has 6 nitrogen and oxygen atoms in total. The summed E-state index contributed by atoms with van der Waals surface area (Å²) < 4.78 is 36.9. The first kappa shape index (κ1) is 14.5.